The van der Waals surface area contributed by atoms with Crippen molar-refractivity contribution < 1.29 is 35.1 Å². The number of hydrogen-bond acceptors (Lipinski definition) is 5. The van der Waals surface area contributed by atoms with Crippen molar-refractivity contribution >= 4 is 25.6 Å². The molecule has 0 aliphatic heterocycles. The van der Waals surface area contributed by atoms with Crippen LogP contribution in [0.5, 0.6) is 0 Å². The average molecular weight is 621 g/mol. The first-order chi connectivity index (χ1) is 18.7. The lowest BCUT2D eigenvalue weighted by Gasteiger charge is -2.72. The van der Waals surface area contributed by atoms with E-state index in [0.717, 1.165) is 51.4 Å². The molecule has 2 unspecified atom stereocenters. The Hall–Kier alpha value is -0.820. The SMILES string of the molecule is CC(C)[C@@H]1CC[C@]2(C(=O)OP)CC[C@]3(C)[C@H](CCC4[C@@]5(C)CC=C(OS(=O)(=O)C(F)(F)F)C(C)(C)[C@@H]5CC[C@]43C)[C@@H]12. The van der Waals surface area contributed by atoms with Crippen molar-refractivity contribution in [2.45, 2.75) is 112 Å². The number of hydrogen-bond donors (Lipinski definition) is 0. The maximum Gasteiger partial charge on any atom is 0.534 e. The van der Waals surface area contributed by atoms with E-state index in [2.05, 4.69) is 44.1 Å². The summed E-state index contributed by atoms with van der Waals surface area (Å²) in [5.41, 5.74) is -6.95. The summed E-state index contributed by atoms with van der Waals surface area (Å²) in [6, 6.07) is 0. The van der Waals surface area contributed by atoms with Crippen molar-refractivity contribution in [2.24, 2.45) is 62.6 Å². The molecule has 0 bridgehead atoms. The molecule has 0 heterocycles. The Morgan fingerprint density at radius 1 is 0.951 bits per heavy atom. The Labute approximate surface area is 246 Å². The van der Waals surface area contributed by atoms with E-state index in [1.807, 2.05) is 13.8 Å². The van der Waals surface area contributed by atoms with Gasteiger partial charge in [-0.1, -0.05) is 48.5 Å². The zero-order valence-electron chi connectivity index (χ0n) is 25.6. The van der Waals surface area contributed by atoms with Gasteiger partial charge < -0.3 is 8.71 Å². The Kier molecular flexibility index (Phi) is 7.39. The van der Waals surface area contributed by atoms with E-state index in [-0.39, 0.29) is 39.8 Å². The maximum atomic E-state index is 13.4. The zero-order chi connectivity index (χ0) is 30.6. The third kappa shape index (κ3) is 4.15. The second-order valence-electron chi connectivity index (χ2n) is 15.7. The number of halogens is 3. The summed E-state index contributed by atoms with van der Waals surface area (Å²) in [7, 11) is -3.53. The highest BCUT2D eigenvalue weighted by Crippen LogP contribution is 2.77. The minimum Gasteiger partial charge on any atom is -0.451 e. The van der Waals surface area contributed by atoms with E-state index in [4.69, 9.17) is 8.71 Å². The molecule has 234 valence electrons. The van der Waals surface area contributed by atoms with Crippen LogP contribution in [0.3, 0.4) is 0 Å². The van der Waals surface area contributed by atoms with Gasteiger partial charge in [-0.3, -0.25) is 4.79 Å². The predicted octanol–water partition coefficient (Wildman–Crippen LogP) is 8.42. The Balaban J connectivity index is 1.52. The molecule has 10 atom stereocenters. The van der Waals surface area contributed by atoms with E-state index in [0.29, 0.717) is 30.1 Å². The molecule has 0 aromatic rings. The lowest BCUT2D eigenvalue weighted by molar-refractivity contribution is -0.232. The fourth-order valence-electron chi connectivity index (χ4n) is 11.8. The fourth-order valence-corrected chi connectivity index (χ4v) is 12.6. The third-order valence-corrected chi connectivity index (χ3v) is 15.0. The van der Waals surface area contributed by atoms with Crippen molar-refractivity contribution in [3.8, 4) is 0 Å². The van der Waals surface area contributed by atoms with E-state index in [1.54, 1.807) is 6.08 Å². The molecule has 0 aromatic carbocycles. The molecule has 0 saturated heterocycles. The zero-order valence-corrected chi connectivity index (χ0v) is 27.5. The van der Waals surface area contributed by atoms with Crippen molar-refractivity contribution in [3.63, 3.8) is 0 Å². The topological polar surface area (TPSA) is 69.7 Å². The highest BCUT2D eigenvalue weighted by atomic mass is 32.2. The lowest BCUT2D eigenvalue weighted by atomic mass is 9.32. The molecule has 0 aromatic heterocycles. The second kappa shape index (κ2) is 9.59. The van der Waals surface area contributed by atoms with Crippen LogP contribution < -0.4 is 0 Å². The number of allylic oxidation sites excluding steroid dienone is 2. The molecule has 5 nitrogen and oxygen atoms in total. The molecule has 10 heteroatoms. The molecule has 0 amide bonds. The van der Waals surface area contributed by atoms with Crippen molar-refractivity contribution in [1.82, 2.24) is 0 Å². The molecule has 5 rings (SSSR count). The van der Waals surface area contributed by atoms with Gasteiger partial charge in [0.25, 0.3) is 0 Å². The van der Waals surface area contributed by atoms with Crippen LogP contribution in [0.25, 0.3) is 0 Å². The molecule has 5 aliphatic carbocycles. The van der Waals surface area contributed by atoms with Gasteiger partial charge in [-0.2, -0.15) is 21.6 Å². The molecule has 41 heavy (non-hydrogen) atoms. The number of fused-ring (bicyclic) bond motifs is 7. The maximum absolute atomic E-state index is 13.4. The smallest absolute Gasteiger partial charge is 0.451 e. The third-order valence-electron chi connectivity index (χ3n) is 13.8. The molecule has 0 N–H and O–H groups in total. The van der Waals surface area contributed by atoms with Crippen LogP contribution in [0.15, 0.2) is 11.8 Å². The van der Waals surface area contributed by atoms with Gasteiger partial charge in [-0.05, 0) is 116 Å². The highest BCUT2D eigenvalue weighted by Gasteiger charge is 2.72. The van der Waals surface area contributed by atoms with Crippen LogP contribution in [0.2, 0.25) is 0 Å². The van der Waals surface area contributed by atoms with Crippen LogP contribution in [0, 0.1) is 62.6 Å². The highest BCUT2D eigenvalue weighted by molar-refractivity contribution is 7.87. The first-order valence-corrected chi connectivity index (χ1v) is 17.2. The quantitative estimate of drug-likeness (QED) is 0.179. The molecule has 4 fully saturated rings. The van der Waals surface area contributed by atoms with Crippen molar-refractivity contribution in [2.75, 3.05) is 0 Å². The first-order valence-electron chi connectivity index (χ1n) is 15.4. The van der Waals surface area contributed by atoms with E-state index >= 15 is 0 Å². The lowest BCUT2D eigenvalue weighted by Crippen LogP contribution is -2.66. The number of rotatable bonds is 4. The minimum absolute atomic E-state index is 0.0113. The molecular formula is C31H48F3O5PS. The molecule has 0 spiro atoms. The van der Waals surface area contributed by atoms with Crippen LogP contribution in [0.1, 0.15) is 106 Å². The fraction of sp³-hybridized carbons (Fsp3) is 0.903. The van der Waals surface area contributed by atoms with E-state index in [1.165, 1.54) is 0 Å². The number of carbonyl (C=O) groups is 1. The molecule has 5 aliphatic rings. The standard InChI is InChI=1S/C31H48F3O5PS/c1-18(2)19-10-15-30(25(35)38-40)17-16-28(6)20(24(19)30)8-9-22-27(5)13-12-23(39-41(36,37)31(32,33)34)26(3,4)21(27)11-14-29(22,28)7/h12,18-22,24H,8-11,13-17,40H2,1-7H3/t19-,20+,21-,22?,24+,27-,28+,29+,30-/m0/s1. The van der Waals surface area contributed by atoms with Crippen LogP contribution in [-0.4, -0.2) is 19.9 Å². The minimum atomic E-state index is -5.73. The van der Waals surface area contributed by atoms with Gasteiger partial charge in [0, 0.05) is 5.41 Å². The van der Waals surface area contributed by atoms with Crippen molar-refractivity contribution in [3.05, 3.63) is 11.8 Å². The van der Waals surface area contributed by atoms with Gasteiger partial charge in [0.15, 0.2) is 0 Å². The van der Waals surface area contributed by atoms with Gasteiger partial charge in [0.2, 0.25) is 0 Å². The Morgan fingerprint density at radius 2 is 1.61 bits per heavy atom. The Bertz CT molecular complexity index is 1230. The van der Waals surface area contributed by atoms with Crippen molar-refractivity contribution in [1.29, 1.82) is 0 Å². The summed E-state index contributed by atoms with van der Waals surface area (Å²) in [5.74, 6) is 1.81. The van der Waals surface area contributed by atoms with Gasteiger partial charge in [0.1, 0.15) is 5.76 Å². The summed E-state index contributed by atoms with van der Waals surface area (Å²) in [5, 5.41) is 0. The normalized spacial score (nSPS) is 45.6. The Morgan fingerprint density at radius 3 is 2.20 bits per heavy atom. The molecule has 0 radical (unpaired) electrons. The predicted molar refractivity (Wildman–Crippen MR) is 154 cm³/mol. The van der Waals surface area contributed by atoms with Gasteiger partial charge >= 0.3 is 21.6 Å². The molecule has 4 saturated carbocycles. The second-order valence-corrected chi connectivity index (χ2v) is 17.5. The average Bonchev–Trinajstić information content (AvgIpc) is 3.26. The summed E-state index contributed by atoms with van der Waals surface area (Å²) >= 11 is 0. The largest absolute Gasteiger partial charge is 0.534 e. The first kappa shape index (κ1) is 31.6. The van der Waals surface area contributed by atoms with Gasteiger partial charge in [-0.25, -0.2) is 0 Å². The monoisotopic (exact) mass is 620 g/mol. The summed E-state index contributed by atoms with van der Waals surface area (Å²) in [6.45, 7) is 15.5. The molecular weight excluding hydrogens is 572 g/mol. The van der Waals surface area contributed by atoms with Crippen LogP contribution >= 0.6 is 9.47 Å². The van der Waals surface area contributed by atoms with Gasteiger partial charge in [0.05, 0.1) is 14.9 Å². The number of carbonyl (C=O) groups excluding carboxylic acids is 1. The summed E-state index contributed by atoms with van der Waals surface area (Å²) in [6.07, 6.45) is 9.61. The van der Waals surface area contributed by atoms with E-state index in [9.17, 15) is 26.4 Å². The number of alkyl halides is 3. The van der Waals surface area contributed by atoms with Crippen LogP contribution in [-0.2, 0) is 23.6 Å². The van der Waals surface area contributed by atoms with Crippen LogP contribution in [0.4, 0.5) is 13.2 Å². The van der Waals surface area contributed by atoms with E-state index < -0.39 is 26.5 Å². The summed E-state index contributed by atoms with van der Waals surface area (Å²) < 4.78 is 73.8. The van der Waals surface area contributed by atoms with Gasteiger partial charge in [-0.15, -0.1) is 0 Å². The summed E-state index contributed by atoms with van der Waals surface area (Å²) in [4.78, 5) is 13.4.